The fourth-order valence-corrected chi connectivity index (χ4v) is 5.94. The lowest BCUT2D eigenvalue weighted by Gasteiger charge is -2.26. The van der Waals surface area contributed by atoms with Crippen LogP contribution in [0.4, 0.5) is 5.69 Å². The Balaban J connectivity index is 1.35. The summed E-state index contributed by atoms with van der Waals surface area (Å²) in [4.78, 5) is 19.3. The molecule has 0 saturated carbocycles. The Hall–Kier alpha value is -3.12. The number of fused-ring (bicyclic) bond motifs is 3. The molecule has 0 unspecified atom stereocenters. The van der Waals surface area contributed by atoms with E-state index in [4.69, 9.17) is 27.9 Å². The number of aromatic nitrogens is 1. The maximum absolute atomic E-state index is 12.5. The van der Waals surface area contributed by atoms with Gasteiger partial charge >= 0.3 is 5.97 Å². The van der Waals surface area contributed by atoms with Gasteiger partial charge in [-0.15, -0.1) is 0 Å². The molecular weight excluding hydrogens is 517 g/mol. The first-order chi connectivity index (χ1) is 18.4. The van der Waals surface area contributed by atoms with Crippen LogP contribution >= 0.6 is 23.2 Å². The molecule has 0 spiro atoms. The van der Waals surface area contributed by atoms with E-state index in [1.807, 2.05) is 0 Å². The fourth-order valence-electron chi connectivity index (χ4n) is 5.36. The number of likely N-dealkylation sites (N-methyl/N-ethyl adjacent to an activating group) is 1. The first-order valence-corrected chi connectivity index (χ1v) is 13.7. The van der Waals surface area contributed by atoms with E-state index >= 15 is 0 Å². The fraction of sp³-hybridized carbons (Fsp3) is 0.290. The molecule has 7 heteroatoms. The average molecular weight is 549 g/mol. The van der Waals surface area contributed by atoms with Gasteiger partial charge in [0.2, 0.25) is 0 Å². The van der Waals surface area contributed by atoms with E-state index in [0.29, 0.717) is 28.0 Å². The van der Waals surface area contributed by atoms with Crippen molar-refractivity contribution in [2.24, 2.45) is 0 Å². The normalized spacial score (nSPS) is 13.2. The lowest BCUT2D eigenvalue weighted by Crippen LogP contribution is -2.30. The van der Waals surface area contributed by atoms with Gasteiger partial charge in [0.15, 0.2) is 5.69 Å². The van der Waals surface area contributed by atoms with Gasteiger partial charge in [-0.1, -0.05) is 71.7 Å². The Labute approximate surface area is 233 Å². The van der Waals surface area contributed by atoms with Crippen LogP contribution in [0.3, 0.4) is 0 Å². The molecule has 1 N–H and O–H groups in total. The number of benzene rings is 3. The number of hydrogen-bond donors (Lipinski definition) is 1. The van der Waals surface area contributed by atoms with Gasteiger partial charge in [-0.3, -0.25) is 0 Å². The van der Waals surface area contributed by atoms with Crippen molar-refractivity contribution in [3.8, 4) is 0 Å². The molecule has 1 aliphatic rings. The van der Waals surface area contributed by atoms with Gasteiger partial charge in [-0.05, 0) is 67.3 Å². The number of esters is 1. The van der Waals surface area contributed by atoms with Gasteiger partial charge in [-0.2, -0.15) is 0 Å². The number of halogens is 2. The smallest absolute Gasteiger partial charge is 0.357 e. The number of anilines is 1. The van der Waals surface area contributed by atoms with Crippen LogP contribution < -0.4 is 5.32 Å². The van der Waals surface area contributed by atoms with Crippen molar-refractivity contribution in [2.75, 3.05) is 38.6 Å². The highest BCUT2D eigenvalue weighted by Crippen LogP contribution is 2.35. The molecule has 5 nitrogen and oxygen atoms in total. The molecule has 1 heterocycles. The monoisotopic (exact) mass is 547 g/mol. The zero-order valence-corrected chi connectivity index (χ0v) is 23.1. The largest absolute Gasteiger partial charge is 0.461 e. The van der Waals surface area contributed by atoms with Gasteiger partial charge in [0, 0.05) is 41.6 Å². The highest BCUT2D eigenvalue weighted by molar-refractivity contribution is 6.39. The minimum atomic E-state index is -0.476. The van der Waals surface area contributed by atoms with Crippen molar-refractivity contribution in [3.05, 3.63) is 105 Å². The lowest BCUT2D eigenvalue weighted by atomic mass is 9.87. The summed E-state index contributed by atoms with van der Waals surface area (Å²) < 4.78 is 5.18. The molecule has 0 bridgehead atoms. The average Bonchev–Trinajstić information content (AvgIpc) is 3.05. The number of hydrogen-bond acceptors (Lipinski definition) is 5. The van der Waals surface area contributed by atoms with Crippen LogP contribution in [0.5, 0.6) is 0 Å². The summed E-state index contributed by atoms with van der Waals surface area (Å²) in [5, 5.41) is 5.17. The van der Waals surface area contributed by atoms with Gasteiger partial charge in [0.25, 0.3) is 0 Å². The summed E-state index contributed by atoms with van der Waals surface area (Å²) in [6.07, 6.45) is 2.13. The predicted octanol–water partition coefficient (Wildman–Crippen LogP) is 6.99. The summed E-state index contributed by atoms with van der Waals surface area (Å²) in [6.45, 7) is 4.40. The van der Waals surface area contributed by atoms with Gasteiger partial charge in [0.1, 0.15) is 0 Å². The number of carbonyl (C=O) groups excluding carboxylic acids is 1. The first kappa shape index (κ1) is 26.5. The summed E-state index contributed by atoms with van der Waals surface area (Å²) in [7, 11) is 2.15. The standard InChI is InChI=1S/C31H31Cl2N3O2/c1-3-38-31(37)29-18-27(30-26(33)16-22(32)17-28(30)35-29)34-14-15-36(2)19-25-23-10-6-4-8-20(23)12-13-21-9-5-7-11-24(21)25/h4-11,16-18,25H,3,12-15,19H2,1-2H3,(H,34,35). The van der Waals surface area contributed by atoms with Crippen LogP contribution in [-0.4, -0.2) is 49.1 Å². The van der Waals surface area contributed by atoms with E-state index < -0.39 is 5.97 Å². The van der Waals surface area contributed by atoms with Crippen LogP contribution in [-0.2, 0) is 17.6 Å². The quantitative estimate of drug-likeness (QED) is 0.241. The molecule has 0 atom stereocenters. The SMILES string of the molecule is CCOC(=O)c1cc(NCCN(C)CC2c3ccccc3CCc3ccccc32)c2c(Cl)cc(Cl)cc2n1. The lowest BCUT2D eigenvalue weighted by molar-refractivity contribution is 0.0520. The van der Waals surface area contributed by atoms with E-state index in [2.05, 4.69) is 70.8 Å². The van der Waals surface area contributed by atoms with Crippen LogP contribution in [0.2, 0.25) is 10.0 Å². The minimum Gasteiger partial charge on any atom is -0.461 e. The Bertz CT molecular complexity index is 1430. The Morgan fingerprint density at radius 1 is 1.03 bits per heavy atom. The maximum atomic E-state index is 12.5. The first-order valence-electron chi connectivity index (χ1n) is 13.0. The molecule has 196 valence electrons. The summed E-state index contributed by atoms with van der Waals surface area (Å²) in [5.41, 5.74) is 7.21. The van der Waals surface area contributed by atoms with E-state index in [0.717, 1.165) is 37.0 Å². The predicted molar refractivity (Wildman–Crippen MR) is 156 cm³/mol. The van der Waals surface area contributed by atoms with E-state index in [1.54, 1.807) is 25.1 Å². The Kier molecular flexibility index (Phi) is 8.18. The minimum absolute atomic E-state index is 0.222. The molecule has 0 aliphatic heterocycles. The van der Waals surface area contributed by atoms with Crippen molar-refractivity contribution < 1.29 is 9.53 Å². The third-order valence-electron chi connectivity index (χ3n) is 7.14. The maximum Gasteiger partial charge on any atom is 0.357 e. The number of nitrogens with zero attached hydrogens (tertiary/aromatic N) is 2. The van der Waals surface area contributed by atoms with Crippen LogP contribution in [0.25, 0.3) is 10.9 Å². The molecule has 1 aliphatic carbocycles. The second kappa shape index (κ2) is 11.7. The summed E-state index contributed by atoms with van der Waals surface area (Å²) >= 11 is 12.8. The Morgan fingerprint density at radius 2 is 1.68 bits per heavy atom. The third-order valence-corrected chi connectivity index (χ3v) is 7.65. The van der Waals surface area contributed by atoms with Crippen molar-refractivity contribution in [1.82, 2.24) is 9.88 Å². The molecule has 3 aromatic carbocycles. The molecule has 0 saturated heterocycles. The topological polar surface area (TPSA) is 54.5 Å². The van der Waals surface area contributed by atoms with Crippen molar-refractivity contribution in [1.29, 1.82) is 0 Å². The van der Waals surface area contributed by atoms with Crippen LogP contribution in [0.1, 0.15) is 45.6 Å². The number of aryl methyl sites for hydroxylation is 2. The molecule has 0 radical (unpaired) electrons. The van der Waals surface area contributed by atoms with Crippen LogP contribution in [0.15, 0.2) is 66.7 Å². The molecule has 5 rings (SSSR count). The van der Waals surface area contributed by atoms with E-state index in [1.165, 1.54) is 22.3 Å². The zero-order valence-electron chi connectivity index (χ0n) is 21.6. The number of ether oxygens (including phenoxy) is 1. The van der Waals surface area contributed by atoms with Gasteiger partial charge in [0.05, 0.1) is 17.1 Å². The van der Waals surface area contributed by atoms with Crippen LogP contribution in [0, 0.1) is 0 Å². The van der Waals surface area contributed by atoms with Crippen molar-refractivity contribution in [3.63, 3.8) is 0 Å². The van der Waals surface area contributed by atoms with Gasteiger partial charge < -0.3 is 15.0 Å². The summed E-state index contributed by atoms with van der Waals surface area (Å²) in [5.74, 6) is -0.167. The van der Waals surface area contributed by atoms with Crippen molar-refractivity contribution >= 4 is 45.8 Å². The molecule has 0 fully saturated rings. The molecule has 0 amide bonds. The molecule has 38 heavy (non-hydrogen) atoms. The van der Waals surface area contributed by atoms with E-state index in [9.17, 15) is 4.79 Å². The number of carbonyl (C=O) groups is 1. The number of nitrogens with one attached hydrogen (secondary N) is 1. The van der Waals surface area contributed by atoms with Crippen molar-refractivity contribution in [2.45, 2.75) is 25.7 Å². The summed E-state index contributed by atoms with van der Waals surface area (Å²) in [6, 6.07) is 22.8. The zero-order chi connectivity index (χ0) is 26.6. The van der Waals surface area contributed by atoms with E-state index in [-0.39, 0.29) is 12.3 Å². The second-order valence-corrected chi connectivity index (χ2v) is 10.5. The number of rotatable bonds is 8. The number of pyridine rings is 1. The molecule has 1 aromatic heterocycles. The highest BCUT2D eigenvalue weighted by Gasteiger charge is 2.24. The Morgan fingerprint density at radius 3 is 2.34 bits per heavy atom. The third kappa shape index (κ3) is 5.65. The van der Waals surface area contributed by atoms with Gasteiger partial charge in [-0.25, -0.2) is 9.78 Å². The second-order valence-electron chi connectivity index (χ2n) is 9.70. The molecular formula is C31H31Cl2N3O2. The molecule has 4 aromatic rings. The highest BCUT2D eigenvalue weighted by atomic mass is 35.5.